The van der Waals surface area contributed by atoms with E-state index in [4.69, 9.17) is 9.47 Å². The van der Waals surface area contributed by atoms with Gasteiger partial charge in [0.25, 0.3) is 0 Å². The van der Waals surface area contributed by atoms with Gasteiger partial charge < -0.3 is 9.47 Å². The standard InChI is InChI=1S/C23H24O2/c1-3-24-22-17-15-21(16-18-22)23(25-4-2,19-11-7-5-8-12-19)20-13-9-6-10-14-20/h5-18H,3-4H2,1-2H3. The van der Waals surface area contributed by atoms with Crippen LogP contribution >= 0.6 is 0 Å². The quantitative estimate of drug-likeness (QED) is 0.538. The second-order valence-corrected chi connectivity index (χ2v) is 5.80. The minimum atomic E-state index is -0.637. The first kappa shape index (κ1) is 17.2. The number of rotatable bonds is 7. The topological polar surface area (TPSA) is 18.5 Å². The van der Waals surface area contributed by atoms with E-state index in [2.05, 4.69) is 60.7 Å². The fraction of sp³-hybridized carbons (Fsp3) is 0.217. The monoisotopic (exact) mass is 332 g/mol. The Balaban J connectivity index is 2.20. The Morgan fingerprint density at radius 2 is 1.08 bits per heavy atom. The SMILES string of the molecule is CCOc1ccc(C(OCC)(c2ccccc2)c2ccccc2)cc1. The lowest BCUT2D eigenvalue weighted by molar-refractivity contribution is 0.0215. The van der Waals surface area contributed by atoms with Crippen molar-refractivity contribution < 1.29 is 9.47 Å². The summed E-state index contributed by atoms with van der Waals surface area (Å²) in [4.78, 5) is 0. The molecule has 3 rings (SSSR count). The van der Waals surface area contributed by atoms with Gasteiger partial charge in [-0.3, -0.25) is 0 Å². The molecule has 0 saturated carbocycles. The highest BCUT2D eigenvalue weighted by molar-refractivity contribution is 5.48. The van der Waals surface area contributed by atoms with Crippen LogP contribution in [0.15, 0.2) is 84.9 Å². The third-order valence-electron chi connectivity index (χ3n) is 4.29. The summed E-state index contributed by atoms with van der Waals surface area (Å²) in [7, 11) is 0. The molecule has 0 aliphatic carbocycles. The highest BCUT2D eigenvalue weighted by Crippen LogP contribution is 2.40. The van der Waals surface area contributed by atoms with Gasteiger partial charge in [-0.2, -0.15) is 0 Å². The molecular weight excluding hydrogens is 308 g/mol. The Morgan fingerprint density at radius 1 is 0.600 bits per heavy atom. The summed E-state index contributed by atoms with van der Waals surface area (Å²) in [5.74, 6) is 0.873. The van der Waals surface area contributed by atoms with Crippen molar-refractivity contribution in [3.8, 4) is 5.75 Å². The molecule has 0 radical (unpaired) electrons. The fourth-order valence-corrected chi connectivity index (χ4v) is 3.26. The Kier molecular flexibility index (Phi) is 5.52. The molecule has 0 unspecified atom stereocenters. The van der Waals surface area contributed by atoms with Gasteiger partial charge in [-0.1, -0.05) is 72.8 Å². The lowest BCUT2D eigenvalue weighted by Crippen LogP contribution is -2.32. The molecule has 0 bridgehead atoms. The highest BCUT2D eigenvalue weighted by Gasteiger charge is 2.37. The van der Waals surface area contributed by atoms with Crippen LogP contribution in [0.3, 0.4) is 0 Å². The second-order valence-electron chi connectivity index (χ2n) is 5.80. The lowest BCUT2D eigenvalue weighted by Gasteiger charge is -2.35. The average molecular weight is 332 g/mol. The largest absolute Gasteiger partial charge is 0.494 e. The number of ether oxygens (including phenoxy) is 2. The molecule has 25 heavy (non-hydrogen) atoms. The first-order valence-electron chi connectivity index (χ1n) is 8.79. The van der Waals surface area contributed by atoms with Gasteiger partial charge in [0.15, 0.2) is 0 Å². The van der Waals surface area contributed by atoms with Gasteiger partial charge in [0, 0.05) is 6.61 Å². The summed E-state index contributed by atoms with van der Waals surface area (Å²) in [5.41, 5.74) is 2.69. The minimum absolute atomic E-state index is 0.608. The van der Waals surface area contributed by atoms with Crippen molar-refractivity contribution in [2.45, 2.75) is 19.4 Å². The van der Waals surface area contributed by atoms with Crippen LogP contribution in [0.4, 0.5) is 0 Å². The first-order valence-corrected chi connectivity index (χ1v) is 8.79. The highest BCUT2D eigenvalue weighted by atomic mass is 16.5. The van der Waals surface area contributed by atoms with Crippen molar-refractivity contribution in [3.63, 3.8) is 0 Å². The molecule has 0 spiro atoms. The van der Waals surface area contributed by atoms with Crippen molar-refractivity contribution in [1.29, 1.82) is 0 Å². The average Bonchev–Trinajstić information content (AvgIpc) is 2.68. The van der Waals surface area contributed by atoms with Crippen LogP contribution in [0.25, 0.3) is 0 Å². The molecule has 0 amide bonds. The van der Waals surface area contributed by atoms with Gasteiger partial charge in [-0.25, -0.2) is 0 Å². The van der Waals surface area contributed by atoms with Gasteiger partial charge >= 0.3 is 0 Å². The van der Waals surface area contributed by atoms with Gasteiger partial charge in [0.1, 0.15) is 11.4 Å². The molecule has 0 aliphatic heterocycles. The van der Waals surface area contributed by atoms with E-state index in [1.165, 1.54) is 0 Å². The third-order valence-corrected chi connectivity index (χ3v) is 4.29. The van der Waals surface area contributed by atoms with E-state index in [-0.39, 0.29) is 0 Å². The summed E-state index contributed by atoms with van der Waals surface area (Å²) >= 11 is 0. The molecule has 0 fully saturated rings. The van der Waals surface area contributed by atoms with Crippen molar-refractivity contribution in [3.05, 3.63) is 102 Å². The molecule has 2 heteroatoms. The summed E-state index contributed by atoms with van der Waals surface area (Å²) in [6.45, 7) is 5.30. The van der Waals surface area contributed by atoms with E-state index in [1.54, 1.807) is 0 Å². The number of hydrogen-bond acceptors (Lipinski definition) is 2. The predicted molar refractivity (Wildman–Crippen MR) is 102 cm³/mol. The molecule has 0 heterocycles. The zero-order valence-electron chi connectivity index (χ0n) is 14.8. The van der Waals surface area contributed by atoms with Crippen molar-refractivity contribution in [2.75, 3.05) is 13.2 Å². The zero-order chi connectivity index (χ0) is 17.5. The van der Waals surface area contributed by atoms with E-state index in [0.29, 0.717) is 13.2 Å². The summed E-state index contributed by atoms with van der Waals surface area (Å²) in [5, 5.41) is 0. The molecule has 2 nitrogen and oxygen atoms in total. The van der Waals surface area contributed by atoms with Crippen LogP contribution in [0.5, 0.6) is 5.75 Å². The molecule has 0 N–H and O–H groups in total. The fourth-order valence-electron chi connectivity index (χ4n) is 3.26. The van der Waals surface area contributed by atoms with Crippen LogP contribution in [0.1, 0.15) is 30.5 Å². The van der Waals surface area contributed by atoms with E-state index < -0.39 is 5.60 Å². The van der Waals surface area contributed by atoms with E-state index >= 15 is 0 Å². The maximum Gasteiger partial charge on any atom is 0.143 e. The molecule has 0 aromatic heterocycles. The number of hydrogen-bond donors (Lipinski definition) is 0. The smallest absolute Gasteiger partial charge is 0.143 e. The summed E-state index contributed by atoms with van der Waals surface area (Å²) in [6, 6.07) is 29.0. The van der Waals surface area contributed by atoms with Crippen molar-refractivity contribution in [1.82, 2.24) is 0 Å². The van der Waals surface area contributed by atoms with E-state index in [1.807, 2.05) is 38.1 Å². The molecule has 0 atom stereocenters. The molecule has 128 valence electrons. The Morgan fingerprint density at radius 3 is 1.52 bits per heavy atom. The van der Waals surface area contributed by atoms with Crippen molar-refractivity contribution in [2.24, 2.45) is 0 Å². The van der Waals surface area contributed by atoms with Crippen molar-refractivity contribution >= 4 is 0 Å². The maximum atomic E-state index is 6.45. The Hall–Kier alpha value is -2.58. The molecule has 3 aromatic carbocycles. The second kappa shape index (κ2) is 8.00. The molecule has 0 saturated heterocycles. The Labute approximate surface area is 150 Å². The summed E-state index contributed by atoms with van der Waals surface area (Å²) in [6.07, 6.45) is 0. The van der Waals surface area contributed by atoms with Crippen LogP contribution in [-0.4, -0.2) is 13.2 Å². The molecule has 0 aliphatic rings. The van der Waals surface area contributed by atoms with Crippen LogP contribution in [-0.2, 0) is 10.3 Å². The van der Waals surface area contributed by atoms with E-state index in [0.717, 1.165) is 22.4 Å². The van der Waals surface area contributed by atoms with Gasteiger partial charge in [-0.05, 0) is 42.7 Å². The van der Waals surface area contributed by atoms with Gasteiger partial charge in [-0.15, -0.1) is 0 Å². The van der Waals surface area contributed by atoms with Crippen LogP contribution in [0.2, 0.25) is 0 Å². The van der Waals surface area contributed by atoms with E-state index in [9.17, 15) is 0 Å². The lowest BCUT2D eigenvalue weighted by atomic mass is 9.80. The Bertz CT molecular complexity index is 725. The predicted octanol–water partition coefficient (Wildman–Crippen LogP) is 5.41. The molecular formula is C23H24O2. The molecule has 3 aromatic rings. The van der Waals surface area contributed by atoms with Gasteiger partial charge in [0.2, 0.25) is 0 Å². The normalized spacial score (nSPS) is 11.3. The first-order chi connectivity index (χ1) is 12.3. The van der Waals surface area contributed by atoms with Crippen LogP contribution in [0, 0.1) is 0 Å². The minimum Gasteiger partial charge on any atom is -0.494 e. The zero-order valence-corrected chi connectivity index (χ0v) is 14.8. The van der Waals surface area contributed by atoms with Gasteiger partial charge in [0.05, 0.1) is 6.61 Å². The number of benzene rings is 3. The maximum absolute atomic E-state index is 6.45. The van der Waals surface area contributed by atoms with Crippen LogP contribution < -0.4 is 4.74 Å². The summed E-state index contributed by atoms with van der Waals surface area (Å²) < 4.78 is 12.1. The third kappa shape index (κ3) is 3.45.